The normalized spacial score (nSPS) is 10.6. The molecule has 0 atom stereocenters. The number of aromatic nitrogens is 1. The number of carbonyl (C=O) groups is 2. The number of alkyl halides is 2. The number of esters is 1. The molecule has 0 N–H and O–H groups in total. The first-order valence-electron chi connectivity index (χ1n) is 7.45. The van der Waals surface area contributed by atoms with Crippen LogP contribution in [0, 0.1) is 0 Å². The summed E-state index contributed by atoms with van der Waals surface area (Å²) in [4.78, 5) is 29.6. The highest BCUT2D eigenvalue weighted by molar-refractivity contribution is 7.99. The third-order valence-electron chi connectivity index (χ3n) is 3.20. The third kappa shape index (κ3) is 5.25. The molecule has 0 aliphatic heterocycles. The van der Waals surface area contributed by atoms with Crippen molar-refractivity contribution in [2.75, 3.05) is 18.1 Å². The van der Waals surface area contributed by atoms with Gasteiger partial charge in [0.05, 0.1) is 5.56 Å². The molecule has 8 heteroatoms. The van der Waals surface area contributed by atoms with Crippen LogP contribution in [0.2, 0.25) is 0 Å². The molecule has 0 bridgehead atoms. The number of benzene rings is 1. The standard InChI is InChI=1S/C17H16F2N2O3S/c1-2-21(12-7-4-3-5-8-12)14(22)11-24-16(23)13-9-6-10-20-15(13)25-17(18)19/h3-10,17H,2,11H2,1H3. The average molecular weight is 366 g/mol. The van der Waals surface area contributed by atoms with E-state index < -0.39 is 24.2 Å². The van der Waals surface area contributed by atoms with Crippen LogP contribution in [-0.2, 0) is 9.53 Å². The summed E-state index contributed by atoms with van der Waals surface area (Å²) in [5.41, 5.74) is 0.588. The molecule has 0 aliphatic carbocycles. The number of likely N-dealkylation sites (N-methyl/N-ethyl adjacent to an activating group) is 1. The molecule has 0 fully saturated rings. The van der Waals surface area contributed by atoms with Crippen molar-refractivity contribution in [3.8, 4) is 0 Å². The minimum Gasteiger partial charge on any atom is -0.452 e. The van der Waals surface area contributed by atoms with Gasteiger partial charge in [-0.1, -0.05) is 18.2 Å². The molecule has 0 spiro atoms. The molecule has 0 radical (unpaired) electrons. The first kappa shape index (κ1) is 18.9. The van der Waals surface area contributed by atoms with Gasteiger partial charge in [0, 0.05) is 18.4 Å². The van der Waals surface area contributed by atoms with E-state index in [0.29, 0.717) is 12.2 Å². The Morgan fingerprint density at radius 3 is 2.56 bits per heavy atom. The van der Waals surface area contributed by atoms with Crippen molar-refractivity contribution in [3.63, 3.8) is 0 Å². The summed E-state index contributed by atoms with van der Waals surface area (Å²) in [5.74, 6) is -3.99. The summed E-state index contributed by atoms with van der Waals surface area (Å²) in [5, 5.41) is -0.134. The molecule has 1 heterocycles. The van der Waals surface area contributed by atoms with Crippen molar-refractivity contribution in [2.45, 2.75) is 17.7 Å². The third-order valence-corrected chi connectivity index (χ3v) is 3.93. The number of hydrogen-bond donors (Lipinski definition) is 0. The van der Waals surface area contributed by atoms with E-state index >= 15 is 0 Å². The van der Waals surface area contributed by atoms with Crippen LogP contribution in [0.15, 0.2) is 53.7 Å². The fourth-order valence-corrected chi connectivity index (χ4v) is 2.69. The lowest BCUT2D eigenvalue weighted by atomic mass is 10.3. The maximum Gasteiger partial charge on any atom is 0.341 e. The second-order valence-corrected chi connectivity index (χ2v) is 5.76. The van der Waals surface area contributed by atoms with Gasteiger partial charge >= 0.3 is 5.97 Å². The first-order chi connectivity index (χ1) is 12.0. The molecule has 0 aliphatic rings. The maximum atomic E-state index is 12.5. The van der Waals surface area contributed by atoms with E-state index in [1.807, 2.05) is 6.07 Å². The summed E-state index contributed by atoms with van der Waals surface area (Å²) < 4.78 is 30.0. The van der Waals surface area contributed by atoms with Crippen LogP contribution < -0.4 is 4.90 Å². The Kier molecular flexibility index (Phi) is 6.88. The highest BCUT2D eigenvalue weighted by atomic mass is 32.2. The molecular weight excluding hydrogens is 350 g/mol. The molecule has 5 nitrogen and oxygen atoms in total. The van der Waals surface area contributed by atoms with Gasteiger partial charge < -0.3 is 9.64 Å². The number of nitrogens with zero attached hydrogens (tertiary/aromatic N) is 2. The smallest absolute Gasteiger partial charge is 0.341 e. The summed E-state index contributed by atoms with van der Waals surface area (Å²) in [6.45, 7) is 1.71. The van der Waals surface area contributed by atoms with Gasteiger partial charge in [-0.25, -0.2) is 9.78 Å². The Morgan fingerprint density at radius 2 is 1.92 bits per heavy atom. The number of anilines is 1. The summed E-state index contributed by atoms with van der Waals surface area (Å²) in [6.07, 6.45) is 1.31. The molecule has 2 aromatic rings. The number of rotatable bonds is 7. The van der Waals surface area contributed by atoms with E-state index in [-0.39, 0.29) is 22.4 Å². The minimum absolute atomic E-state index is 0.0941. The highest BCUT2D eigenvalue weighted by Crippen LogP contribution is 2.26. The van der Waals surface area contributed by atoms with Crippen molar-refractivity contribution in [1.82, 2.24) is 4.98 Å². The highest BCUT2D eigenvalue weighted by Gasteiger charge is 2.20. The van der Waals surface area contributed by atoms with Crippen molar-refractivity contribution < 1.29 is 23.1 Å². The zero-order chi connectivity index (χ0) is 18.2. The Balaban J connectivity index is 2.03. The van der Waals surface area contributed by atoms with Crippen molar-refractivity contribution in [2.24, 2.45) is 0 Å². The van der Waals surface area contributed by atoms with Gasteiger partial charge in [0.15, 0.2) is 6.61 Å². The zero-order valence-electron chi connectivity index (χ0n) is 13.4. The van der Waals surface area contributed by atoms with Gasteiger partial charge in [-0.15, -0.1) is 0 Å². The fourth-order valence-electron chi connectivity index (χ4n) is 2.12. The van der Waals surface area contributed by atoms with Crippen molar-refractivity contribution in [3.05, 3.63) is 54.2 Å². The van der Waals surface area contributed by atoms with Crippen molar-refractivity contribution in [1.29, 1.82) is 0 Å². The molecule has 2 rings (SSSR count). The largest absolute Gasteiger partial charge is 0.452 e. The van der Waals surface area contributed by atoms with Crippen LogP contribution in [0.3, 0.4) is 0 Å². The number of pyridine rings is 1. The van der Waals surface area contributed by atoms with Gasteiger partial charge in [0.2, 0.25) is 0 Å². The summed E-state index contributed by atoms with van der Waals surface area (Å²) >= 11 is 0.155. The second-order valence-electron chi connectivity index (χ2n) is 4.78. The van der Waals surface area contributed by atoms with Crippen LogP contribution >= 0.6 is 11.8 Å². The molecule has 0 saturated carbocycles. The number of carbonyl (C=O) groups excluding carboxylic acids is 2. The van der Waals surface area contributed by atoms with Gasteiger partial charge in [0.1, 0.15) is 5.03 Å². The second kappa shape index (κ2) is 9.12. The lowest BCUT2D eigenvalue weighted by molar-refractivity contribution is -0.121. The first-order valence-corrected chi connectivity index (χ1v) is 8.33. The summed E-state index contributed by atoms with van der Waals surface area (Å²) in [7, 11) is 0. The molecule has 132 valence electrons. The number of amides is 1. The fraction of sp³-hybridized carbons (Fsp3) is 0.235. The Bertz CT molecular complexity index is 729. The topological polar surface area (TPSA) is 59.5 Å². The zero-order valence-corrected chi connectivity index (χ0v) is 14.2. The number of para-hydroxylation sites is 1. The SMILES string of the molecule is CCN(C(=O)COC(=O)c1cccnc1SC(F)F)c1ccccc1. The Morgan fingerprint density at radius 1 is 1.20 bits per heavy atom. The van der Waals surface area contributed by atoms with Crippen molar-refractivity contribution >= 4 is 29.3 Å². The Hall–Kier alpha value is -2.48. The molecule has 0 saturated heterocycles. The molecule has 25 heavy (non-hydrogen) atoms. The van der Waals surface area contributed by atoms with E-state index in [9.17, 15) is 18.4 Å². The maximum absolute atomic E-state index is 12.5. The number of thioether (sulfide) groups is 1. The van der Waals surface area contributed by atoms with E-state index in [4.69, 9.17) is 4.74 Å². The molecule has 1 aromatic heterocycles. The van der Waals surface area contributed by atoms with Crippen LogP contribution in [0.4, 0.5) is 14.5 Å². The van der Waals surface area contributed by atoms with Crippen LogP contribution in [0.25, 0.3) is 0 Å². The predicted molar refractivity (Wildman–Crippen MR) is 90.8 cm³/mol. The predicted octanol–water partition coefficient (Wildman–Crippen LogP) is 3.61. The molecule has 1 aromatic carbocycles. The molecule has 1 amide bonds. The van der Waals surface area contributed by atoms with Crippen LogP contribution in [0.1, 0.15) is 17.3 Å². The van der Waals surface area contributed by atoms with Crippen LogP contribution in [-0.4, -0.2) is 35.8 Å². The minimum atomic E-state index is -2.71. The van der Waals surface area contributed by atoms with Gasteiger partial charge in [-0.3, -0.25) is 4.79 Å². The van der Waals surface area contributed by atoms with E-state index in [1.54, 1.807) is 31.2 Å². The van der Waals surface area contributed by atoms with E-state index in [0.717, 1.165) is 0 Å². The lowest BCUT2D eigenvalue weighted by Crippen LogP contribution is -2.34. The van der Waals surface area contributed by atoms with Gasteiger partial charge in [-0.05, 0) is 43.0 Å². The Labute approximate surface area is 148 Å². The quantitative estimate of drug-likeness (QED) is 0.553. The summed E-state index contributed by atoms with van der Waals surface area (Å²) in [6, 6.07) is 11.7. The lowest BCUT2D eigenvalue weighted by Gasteiger charge is -2.20. The van der Waals surface area contributed by atoms with Gasteiger partial charge in [0.25, 0.3) is 11.7 Å². The van der Waals surface area contributed by atoms with Crippen LogP contribution in [0.5, 0.6) is 0 Å². The average Bonchev–Trinajstić information content (AvgIpc) is 2.61. The number of hydrogen-bond acceptors (Lipinski definition) is 5. The van der Waals surface area contributed by atoms with E-state index in [2.05, 4.69) is 4.98 Å². The molecular formula is C17H16F2N2O3S. The molecule has 0 unspecified atom stereocenters. The monoisotopic (exact) mass is 366 g/mol. The van der Waals surface area contributed by atoms with E-state index in [1.165, 1.54) is 23.2 Å². The van der Waals surface area contributed by atoms with Gasteiger partial charge in [-0.2, -0.15) is 8.78 Å². The number of halogens is 2. The number of ether oxygens (including phenoxy) is 1.